The predicted molar refractivity (Wildman–Crippen MR) is 75.7 cm³/mol. The molecule has 106 valence electrons. The van der Waals surface area contributed by atoms with Crippen molar-refractivity contribution in [2.24, 2.45) is 5.10 Å². The lowest BCUT2D eigenvalue weighted by molar-refractivity contribution is 0.174. The maximum Gasteiger partial charge on any atom is 0.182 e. The Morgan fingerprint density at radius 3 is 2.20 bits per heavy atom. The van der Waals surface area contributed by atoms with E-state index in [4.69, 9.17) is 11.6 Å². The molecule has 1 heterocycles. The molecule has 2 unspecified atom stereocenters. The SMILES string of the molecule is CC(O)c1nnc(C(C)O)n1/N=C/c1ccccc1Cl. The van der Waals surface area contributed by atoms with Crippen molar-refractivity contribution in [2.75, 3.05) is 0 Å². The van der Waals surface area contributed by atoms with Gasteiger partial charge >= 0.3 is 0 Å². The van der Waals surface area contributed by atoms with Crippen molar-refractivity contribution in [1.29, 1.82) is 0 Å². The topological polar surface area (TPSA) is 83.5 Å². The Labute approximate surface area is 121 Å². The van der Waals surface area contributed by atoms with Crippen LogP contribution in [0.4, 0.5) is 0 Å². The van der Waals surface area contributed by atoms with E-state index >= 15 is 0 Å². The van der Waals surface area contributed by atoms with Crippen LogP contribution in [0, 0.1) is 0 Å². The number of hydrogen-bond acceptors (Lipinski definition) is 5. The van der Waals surface area contributed by atoms with E-state index < -0.39 is 12.2 Å². The van der Waals surface area contributed by atoms with Crippen LogP contribution in [-0.2, 0) is 0 Å². The maximum absolute atomic E-state index is 9.65. The Bertz CT molecular complexity index is 597. The van der Waals surface area contributed by atoms with Crippen molar-refractivity contribution in [2.45, 2.75) is 26.1 Å². The number of hydrogen-bond donors (Lipinski definition) is 2. The van der Waals surface area contributed by atoms with Crippen molar-refractivity contribution in [3.8, 4) is 0 Å². The summed E-state index contributed by atoms with van der Waals surface area (Å²) in [6.45, 7) is 3.11. The predicted octanol–water partition coefficient (Wildman–Crippen LogP) is 1.92. The molecule has 1 aromatic heterocycles. The second-order valence-electron chi connectivity index (χ2n) is 4.35. The molecule has 1 aromatic carbocycles. The maximum atomic E-state index is 9.65. The van der Waals surface area contributed by atoms with Crippen LogP contribution in [0.2, 0.25) is 5.02 Å². The quantitative estimate of drug-likeness (QED) is 0.844. The van der Waals surface area contributed by atoms with Crippen molar-refractivity contribution < 1.29 is 10.2 Å². The highest BCUT2D eigenvalue weighted by Gasteiger charge is 2.18. The highest BCUT2D eigenvalue weighted by molar-refractivity contribution is 6.33. The van der Waals surface area contributed by atoms with Crippen LogP contribution >= 0.6 is 11.6 Å². The summed E-state index contributed by atoms with van der Waals surface area (Å²) in [6, 6.07) is 7.21. The van der Waals surface area contributed by atoms with Crippen molar-refractivity contribution >= 4 is 17.8 Å². The Kier molecular flexibility index (Phi) is 4.49. The molecule has 20 heavy (non-hydrogen) atoms. The summed E-state index contributed by atoms with van der Waals surface area (Å²) in [5.74, 6) is 0.508. The summed E-state index contributed by atoms with van der Waals surface area (Å²) in [4.78, 5) is 0. The molecule has 0 spiro atoms. The molecule has 0 saturated carbocycles. The summed E-state index contributed by atoms with van der Waals surface area (Å²) in [7, 11) is 0. The lowest BCUT2D eigenvalue weighted by Crippen LogP contribution is -2.08. The van der Waals surface area contributed by atoms with E-state index in [1.807, 2.05) is 12.1 Å². The van der Waals surface area contributed by atoms with Gasteiger partial charge in [0.15, 0.2) is 11.6 Å². The fraction of sp³-hybridized carbons (Fsp3) is 0.308. The van der Waals surface area contributed by atoms with Gasteiger partial charge in [-0.2, -0.15) is 9.78 Å². The first-order valence-corrected chi connectivity index (χ1v) is 6.48. The van der Waals surface area contributed by atoms with Crippen LogP contribution in [0.3, 0.4) is 0 Å². The normalized spacial score (nSPS) is 14.7. The molecule has 2 rings (SSSR count). The number of benzene rings is 1. The summed E-state index contributed by atoms with van der Waals surface area (Å²) in [6.07, 6.45) is -0.166. The highest BCUT2D eigenvalue weighted by Crippen LogP contribution is 2.17. The Morgan fingerprint density at radius 2 is 1.70 bits per heavy atom. The van der Waals surface area contributed by atoms with Gasteiger partial charge < -0.3 is 10.2 Å². The molecule has 0 aliphatic heterocycles. The van der Waals surface area contributed by atoms with Crippen LogP contribution in [0.15, 0.2) is 29.4 Å². The standard InChI is InChI=1S/C13H15ClN4O2/c1-8(19)12-16-17-13(9(2)20)18(12)15-7-10-5-3-4-6-11(10)14/h3-9,19-20H,1-2H3/b15-7+. The molecule has 0 aliphatic rings. The van der Waals surface area contributed by atoms with Gasteiger partial charge in [-0.3, -0.25) is 0 Å². The molecular formula is C13H15ClN4O2. The van der Waals surface area contributed by atoms with Gasteiger partial charge in [0, 0.05) is 10.6 Å². The third kappa shape index (κ3) is 3.04. The van der Waals surface area contributed by atoms with E-state index in [2.05, 4.69) is 15.3 Å². The van der Waals surface area contributed by atoms with E-state index in [1.54, 1.807) is 26.0 Å². The van der Waals surface area contributed by atoms with Gasteiger partial charge in [-0.05, 0) is 19.9 Å². The molecule has 0 aliphatic carbocycles. The van der Waals surface area contributed by atoms with Gasteiger partial charge in [-0.15, -0.1) is 10.2 Å². The molecule has 2 N–H and O–H groups in total. The minimum absolute atomic E-state index is 0.254. The Balaban J connectivity index is 2.42. The molecule has 0 fully saturated rings. The summed E-state index contributed by atoms with van der Waals surface area (Å²) in [5, 5.41) is 31.7. The first-order valence-electron chi connectivity index (χ1n) is 6.11. The van der Waals surface area contributed by atoms with E-state index in [9.17, 15) is 10.2 Å². The fourth-order valence-corrected chi connectivity index (χ4v) is 1.83. The first-order chi connectivity index (χ1) is 9.50. The largest absolute Gasteiger partial charge is 0.385 e. The highest BCUT2D eigenvalue weighted by atomic mass is 35.5. The molecule has 0 saturated heterocycles. The average Bonchev–Trinajstić information content (AvgIpc) is 2.82. The number of aliphatic hydroxyl groups is 2. The van der Waals surface area contributed by atoms with Gasteiger partial charge in [0.2, 0.25) is 0 Å². The number of rotatable bonds is 4. The van der Waals surface area contributed by atoms with Crippen LogP contribution in [-0.4, -0.2) is 31.3 Å². The second kappa shape index (κ2) is 6.13. The number of aromatic nitrogens is 3. The average molecular weight is 295 g/mol. The van der Waals surface area contributed by atoms with Crippen LogP contribution in [0.25, 0.3) is 0 Å². The third-order valence-electron chi connectivity index (χ3n) is 2.65. The molecule has 6 nitrogen and oxygen atoms in total. The summed E-state index contributed by atoms with van der Waals surface area (Å²) in [5.41, 5.74) is 0.718. The fourth-order valence-electron chi connectivity index (χ4n) is 1.64. The van der Waals surface area contributed by atoms with E-state index in [1.165, 1.54) is 10.9 Å². The van der Waals surface area contributed by atoms with Gasteiger partial charge in [-0.25, -0.2) is 0 Å². The number of halogens is 1. The third-order valence-corrected chi connectivity index (χ3v) is 3.00. The molecule has 2 aromatic rings. The molecule has 0 bridgehead atoms. The number of nitrogens with zero attached hydrogens (tertiary/aromatic N) is 4. The lowest BCUT2D eigenvalue weighted by atomic mass is 10.2. The minimum Gasteiger partial charge on any atom is -0.385 e. The molecule has 7 heteroatoms. The summed E-state index contributed by atoms with van der Waals surface area (Å²) < 4.78 is 1.32. The van der Waals surface area contributed by atoms with Gasteiger partial charge in [0.05, 0.1) is 6.21 Å². The van der Waals surface area contributed by atoms with Gasteiger partial charge in [-0.1, -0.05) is 29.8 Å². The zero-order valence-electron chi connectivity index (χ0n) is 11.1. The van der Waals surface area contributed by atoms with Crippen molar-refractivity contribution in [3.05, 3.63) is 46.5 Å². The minimum atomic E-state index is -0.849. The van der Waals surface area contributed by atoms with Gasteiger partial charge in [0.1, 0.15) is 12.2 Å². The lowest BCUT2D eigenvalue weighted by Gasteiger charge is -2.07. The van der Waals surface area contributed by atoms with E-state index in [-0.39, 0.29) is 11.6 Å². The van der Waals surface area contributed by atoms with Crippen LogP contribution in [0.5, 0.6) is 0 Å². The molecule has 0 radical (unpaired) electrons. The summed E-state index contributed by atoms with van der Waals surface area (Å²) >= 11 is 6.04. The first kappa shape index (κ1) is 14.6. The second-order valence-corrected chi connectivity index (χ2v) is 4.75. The van der Waals surface area contributed by atoms with Gasteiger partial charge in [0.25, 0.3) is 0 Å². The molecular weight excluding hydrogens is 280 g/mol. The smallest absolute Gasteiger partial charge is 0.182 e. The Morgan fingerprint density at radius 1 is 1.15 bits per heavy atom. The molecule has 2 atom stereocenters. The van der Waals surface area contributed by atoms with Crippen molar-refractivity contribution in [1.82, 2.24) is 14.9 Å². The zero-order chi connectivity index (χ0) is 14.7. The Hall–Kier alpha value is -1.76. The van der Waals surface area contributed by atoms with E-state index in [0.717, 1.165) is 5.56 Å². The molecule has 0 amide bonds. The van der Waals surface area contributed by atoms with E-state index in [0.29, 0.717) is 5.02 Å². The number of aliphatic hydroxyl groups excluding tert-OH is 2. The monoisotopic (exact) mass is 294 g/mol. The van der Waals surface area contributed by atoms with Crippen molar-refractivity contribution in [3.63, 3.8) is 0 Å². The van der Waals surface area contributed by atoms with Crippen LogP contribution < -0.4 is 0 Å². The van der Waals surface area contributed by atoms with Crippen LogP contribution in [0.1, 0.15) is 43.3 Å². The zero-order valence-corrected chi connectivity index (χ0v) is 11.9.